The van der Waals surface area contributed by atoms with Gasteiger partial charge in [0.2, 0.25) is 0 Å². The van der Waals surface area contributed by atoms with Crippen LogP contribution >= 0.6 is 0 Å². The molecule has 1 aliphatic heterocycles. The molecule has 0 bridgehead atoms. The SMILES string of the molecule is Cc1ccc(OCCN(CCCCc2ccc3c(n2)NCCC3)CC[C@H](Nc2ccnc(-c3ccccc3)n2)C(=O)O)cn1. The fourth-order valence-corrected chi connectivity index (χ4v) is 5.23. The number of aliphatic carboxylic acids is 1. The maximum atomic E-state index is 12.2. The van der Waals surface area contributed by atoms with Gasteiger partial charge in [0.05, 0.1) is 6.20 Å². The van der Waals surface area contributed by atoms with Crippen molar-refractivity contribution in [2.45, 2.75) is 51.5 Å². The molecule has 0 amide bonds. The van der Waals surface area contributed by atoms with E-state index in [-0.39, 0.29) is 0 Å². The highest BCUT2D eigenvalue weighted by Crippen LogP contribution is 2.21. The molecule has 10 nitrogen and oxygen atoms in total. The topological polar surface area (TPSA) is 125 Å². The third-order valence-electron chi connectivity index (χ3n) is 7.71. The van der Waals surface area contributed by atoms with Crippen LogP contribution in [0.5, 0.6) is 5.75 Å². The Labute approximate surface area is 259 Å². The molecule has 3 N–H and O–H groups in total. The largest absolute Gasteiger partial charge is 0.491 e. The Bertz CT molecular complexity index is 1480. The minimum Gasteiger partial charge on any atom is -0.491 e. The summed E-state index contributed by atoms with van der Waals surface area (Å²) in [5.74, 6) is 1.88. The number of rotatable bonds is 16. The summed E-state index contributed by atoms with van der Waals surface area (Å²) in [7, 11) is 0. The molecule has 3 aromatic heterocycles. The Morgan fingerprint density at radius 2 is 1.91 bits per heavy atom. The van der Waals surface area contributed by atoms with Crippen LogP contribution in [0.2, 0.25) is 0 Å². The molecule has 1 aliphatic rings. The quantitative estimate of drug-likeness (QED) is 0.148. The highest BCUT2D eigenvalue weighted by Gasteiger charge is 2.20. The van der Waals surface area contributed by atoms with Gasteiger partial charge < -0.3 is 20.5 Å². The summed E-state index contributed by atoms with van der Waals surface area (Å²) < 4.78 is 5.96. The minimum atomic E-state index is -0.918. The van der Waals surface area contributed by atoms with E-state index < -0.39 is 12.0 Å². The van der Waals surface area contributed by atoms with Gasteiger partial charge in [-0.25, -0.2) is 19.7 Å². The first-order valence-electron chi connectivity index (χ1n) is 15.4. The molecule has 230 valence electrons. The van der Waals surface area contributed by atoms with Crippen molar-refractivity contribution in [3.05, 3.63) is 90.0 Å². The smallest absolute Gasteiger partial charge is 0.326 e. The molecule has 44 heavy (non-hydrogen) atoms. The third kappa shape index (κ3) is 9.21. The molecule has 1 atom stereocenters. The van der Waals surface area contributed by atoms with Crippen LogP contribution in [-0.2, 0) is 17.6 Å². The first-order chi connectivity index (χ1) is 21.5. The van der Waals surface area contributed by atoms with E-state index >= 15 is 0 Å². The molecule has 0 radical (unpaired) electrons. The number of hydrogen-bond acceptors (Lipinski definition) is 9. The van der Waals surface area contributed by atoms with Crippen LogP contribution in [0.25, 0.3) is 11.4 Å². The van der Waals surface area contributed by atoms with Crippen LogP contribution in [0.4, 0.5) is 11.6 Å². The minimum absolute atomic E-state index is 0.407. The zero-order valence-electron chi connectivity index (χ0n) is 25.3. The molecule has 0 saturated carbocycles. The molecule has 0 unspecified atom stereocenters. The molecule has 4 aromatic rings. The van der Waals surface area contributed by atoms with E-state index in [0.717, 1.165) is 73.7 Å². The molecule has 10 heteroatoms. The summed E-state index contributed by atoms with van der Waals surface area (Å²) in [4.78, 5) is 32.6. The average Bonchev–Trinajstić information content (AvgIpc) is 3.05. The zero-order chi connectivity index (χ0) is 30.6. The van der Waals surface area contributed by atoms with Crippen LogP contribution in [0.3, 0.4) is 0 Å². The lowest BCUT2D eigenvalue weighted by molar-refractivity contribution is -0.138. The maximum Gasteiger partial charge on any atom is 0.326 e. The molecule has 0 spiro atoms. The number of aromatic nitrogens is 4. The summed E-state index contributed by atoms with van der Waals surface area (Å²) in [5.41, 5.74) is 4.22. The monoisotopic (exact) mass is 595 g/mol. The van der Waals surface area contributed by atoms with E-state index in [4.69, 9.17) is 9.72 Å². The second-order valence-corrected chi connectivity index (χ2v) is 11.1. The van der Waals surface area contributed by atoms with Crippen LogP contribution in [-0.4, -0.2) is 74.7 Å². The van der Waals surface area contributed by atoms with Gasteiger partial charge >= 0.3 is 5.97 Å². The van der Waals surface area contributed by atoms with Crippen LogP contribution in [0.1, 0.15) is 42.6 Å². The van der Waals surface area contributed by atoms with Gasteiger partial charge in [-0.3, -0.25) is 9.88 Å². The van der Waals surface area contributed by atoms with Gasteiger partial charge in [0.25, 0.3) is 0 Å². The van der Waals surface area contributed by atoms with Crippen molar-refractivity contribution >= 4 is 17.6 Å². The van der Waals surface area contributed by atoms with Gasteiger partial charge in [0, 0.05) is 42.8 Å². The lowest BCUT2D eigenvalue weighted by Crippen LogP contribution is -2.37. The van der Waals surface area contributed by atoms with Gasteiger partial charge in [0.1, 0.15) is 30.0 Å². The van der Waals surface area contributed by atoms with Crippen LogP contribution in [0.15, 0.2) is 73.1 Å². The van der Waals surface area contributed by atoms with E-state index in [0.29, 0.717) is 37.8 Å². The number of carbonyl (C=O) groups is 1. The van der Waals surface area contributed by atoms with Crippen LogP contribution in [0, 0.1) is 6.92 Å². The number of carboxylic acids is 1. The van der Waals surface area contributed by atoms with E-state index in [1.165, 1.54) is 5.56 Å². The number of pyridine rings is 2. The number of hydrogen-bond donors (Lipinski definition) is 3. The summed E-state index contributed by atoms with van der Waals surface area (Å²) >= 11 is 0. The molecule has 0 saturated heterocycles. The number of anilines is 2. The molecular formula is C34H41N7O3. The predicted octanol–water partition coefficient (Wildman–Crippen LogP) is 5.26. The number of aryl methyl sites for hydroxylation is 3. The lowest BCUT2D eigenvalue weighted by atomic mass is 10.1. The summed E-state index contributed by atoms with van der Waals surface area (Å²) in [6.07, 6.45) is 8.90. The number of ether oxygens (including phenoxy) is 1. The van der Waals surface area contributed by atoms with E-state index in [1.807, 2.05) is 49.4 Å². The van der Waals surface area contributed by atoms with Crippen molar-refractivity contribution in [1.29, 1.82) is 0 Å². The highest BCUT2D eigenvalue weighted by molar-refractivity contribution is 5.77. The second kappa shape index (κ2) is 15.8. The van der Waals surface area contributed by atoms with Crippen molar-refractivity contribution < 1.29 is 14.6 Å². The van der Waals surface area contributed by atoms with E-state index in [9.17, 15) is 9.90 Å². The Hall–Kier alpha value is -4.57. The number of benzene rings is 1. The Kier molecular flexibility index (Phi) is 11.1. The normalized spacial score (nSPS) is 13.1. The summed E-state index contributed by atoms with van der Waals surface area (Å²) in [5, 5.41) is 16.6. The first kappa shape index (κ1) is 30.9. The van der Waals surface area contributed by atoms with Gasteiger partial charge in [-0.2, -0.15) is 0 Å². The number of nitrogens with one attached hydrogen (secondary N) is 2. The first-order valence-corrected chi connectivity index (χ1v) is 15.4. The Balaban J connectivity index is 1.17. The standard InChI is InChI=1S/C34H41N7O3/c1-25-12-15-29(24-37-25)44-23-22-41(20-6-5-11-28-14-13-27-10-7-18-35-32(27)38-28)21-17-30(34(42)43)39-31-16-19-36-33(40-31)26-8-3-2-4-9-26/h2-4,8-9,12-16,19,24,30H,5-7,10-11,17-18,20-23H2,1H3,(H,35,38)(H,42,43)(H,36,39,40)/t30-/m0/s1. The van der Waals surface area contributed by atoms with Crippen LogP contribution < -0.4 is 15.4 Å². The summed E-state index contributed by atoms with van der Waals surface area (Å²) in [6, 6.07) is 18.7. The zero-order valence-corrected chi connectivity index (χ0v) is 25.3. The Morgan fingerprint density at radius 1 is 1.02 bits per heavy atom. The highest BCUT2D eigenvalue weighted by atomic mass is 16.5. The van der Waals surface area contributed by atoms with Crippen molar-refractivity contribution in [3.8, 4) is 17.1 Å². The van der Waals surface area contributed by atoms with Crippen molar-refractivity contribution in [3.63, 3.8) is 0 Å². The average molecular weight is 596 g/mol. The maximum absolute atomic E-state index is 12.2. The van der Waals surface area contributed by atoms with Gasteiger partial charge in [0.15, 0.2) is 5.82 Å². The Morgan fingerprint density at radius 3 is 2.73 bits per heavy atom. The molecule has 0 aliphatic carbocycles. The molecule has 0 fully saturated rings. The third-order valence-corrected chi connectivity index (χ3v) is 7.71. The number of carboxylic acid groups (broad SMARTS) is 1. The van der Waals surface area contributed by atoms with E-state index in [2.05, 4.69) is 42.6 Å². The van der Waals surface area contributed by atoms with Crippen molar-refractivity contribution in [1.82, 2.24) is 24.8 Å². The van der Waals surface area contributed by atoms with Crippen molar-refractivity contribution in [2.75, 3.05) is 43.4 Å². The lowest BCUT2D eigenvalue weighted by Gasteiger charge is -2.24. The molecule has 1 aromatic carbocycles. The van der Waals surface area contributed by atoms with Gasteiger partial charge in [-0.15, -0.1) is 0 Å². The molecular weight excluding hydrogens is 554 g/mol. The summed E-state index contributed by atoms with van der Waals surface area (Å²) in [6.45, 7) is 5.51. The molecule has 5 rings (SSSR count). The van der Waals surface area contributed by atoms with Gasteiger partial charge in [-0.1, -0.05) is 36.4 Å². The second-order valence-electron chi connectivity index (χ2n) is 11.1. The number of unbranched alkanes of at least 4 members (excludes halogenated alkanes) is 1. The van der Waals surface area contributed by atoms with Crippen molar-refractivity contribution in [2.24, 2.45) is 0 Å². The predicted molar refractivity (Wildman–Crippen MR) is 172 cm³/mol. The van der Waals surface area contributed by atoms with Gasteiger partial charge in [-0.05, 0) is 81.8 Å². The molecule has 4 heterocycles. The van der Waals surface area contributed by atoms with E-state index in [1.54, 1.807) is 18.5 Å². The fourth-order valence-electron chi connectivity index (χ4n) is 5.23. The number of fused-ring (bicyclic) bond motifs is 1. The fraction of sp³-hybridized carbons (Fsp3) is 0.382. The number of nitrogens with zero attached hydrogens (tertiary/aromatic N) is 5.